The van der Waals surface area contributed by atoms with Crippen molar-refractivity contribution in [2.24, 2.45) is 27.9 Å². The molecule has 18 nitrogen and oxygen atoms in total. The Morgan fingerprint density at radius 1 is 0.860 bits per heavy atom. The topological polar surface area (TPSA) is 299 Å². The van der Waals surface area contributed by atoms with Crippen molar-refractivity contribution in [2.45, 2.75) is 94.5 Å². The second-order valence-electron chi connectivity index (χ2n) is 12.5. The Bertz CT molecular complexity index is 1440. The molecule has 12 N–H and O–H groups in total. The predicted octanol–water partition coefficient (Wildman–Crippen LogP) is -2.97. The number of benzene rings is 1. The fourth-order valence-corrected chi connectivity index (χ4v) is 6.05. The van der Waals surface area contributed by atoms with Gasteiger partial charge in [-0.3, -0.25) is 38.6 Å². The zero-order valence-electron chi connectivity index (χ0n) is 28.1. The summed E-state index contributed by atoms with van der Waals surface area (Å²) in [5.41, 5.74) is 23.1. The zero-order valence-corrected chi connectivity index (χ0v) is 28.1. The molecule has 6 atom stereocenters. The Hall–Kier alpha value is -5.26. The average Bonchev–Trinajstić information content (AvgIpc) is 3.76. The number of likely N-dealkylation sites (tertiary alicyclic amines) is 2. The molecule has 2 fully saturated rings. The predicted molar refractivity (Wildman–Crippen MR) is 180 cm³/mol. The van der Waals surface area contributed by atoms with Crippen molar-refractivity contribution in [3.63, 3.8) is 0 Å². The van der Waals surface area contributed by atoms with Gasteiger partial charge in [-0.2, -0.15) is 0 Å². The highest BCUT2D eigenvalue weighted by Gasteiger charge is 2.42. The van der Waals surface area contributed by atoms with Crippen molar-refractivity contribution in [3.8, 4) is 0 Å². The van der Waals surface area contributed by atoms with Crippen LogP contribution in [0.2, 0.25) is 0 Å². The number of hydrogen-bond donors (Lipinski definition) is 8. The molecule has 0 radical (unpaired) electrons. The second-order valence-corrected chi connectivity index (χ2v) is 12.5. The minimum atomic E-state index is -1.38. The molecule has 0 spiro atoms. The molecule has 274 valence electrons. The van der Waals surface area contributed by atoms with E-state index in [2.05, 4.69) is 20.9 Å². The smallest absolute Gasteiger partial charge is 0.325 e. The van der Waals surface area contributed by atoms with E-state index in [1.807, 2.05) is 6.07 Å². The van der Waals surface area contributed by atoms with Crippen LogP contribution < -0.4 is 38.9 Å². The lowest BCUT2D eigenvalue weighted by Gasteiger charge is -2.32. The summed E-state index contributed by atoms with van der Waals surface area (Å²) < 4.78 is 0. The van der Waals surface area contributed by atoms with Crippen LogP contribution in [0, 0.1) is 0 Å². The third-order valence-corrected chi connectivity index (χ3v) is 8.62. The SMILES string of the molecule is C[C@H](NC(=O)[C@@H]1CCCN1C(=O)[C@H](CCCN=C(N)N)NC(=O)[C@@H]1CCCN1C(=O)[C@H](CC(N)=O)NC(=O)[C@@H](N)Cc1ccccc1)C(=O)O. The van der Waals surface area contributed by atoms with Crippen LogP contribution in [0.3, 0.4) is 0 Å². The summed E-state index contributed by atoms with van der Waals surface area (Å²) in [5, 5.41) is 16.9. The van der Waals surface area contributed by atoms with E-state index in [0.29, 0.717) is 19.3 Å². The van der Waals surface area contributed by atoms with E-state index in [1.165, 1.54) is 16.7 Å². The van der Waals surface area contributed by atoms with Crippen LogP contribution >= 0.6 is 0 Å². The van der Waals surface area contributed by atoms with Crippen LogP contribution in [0.1, 0.15) is 57.4 Å². The molecule has 1 aromatic carbocycles. The monoisotopic (exact) mass is 700 g/mol. The lowest BCUT2D eigenvalue weighted by atomic mass is 10.0. The first-order valence-electron chi connectivity index (χ1n) is 16.6. The van der Waals surface area contributed by atoms with Crippen LogP contribution in [0.15, 0.2) is 35.3 Å². The molecule has 0 unspecified atom stereocenters. The molecule has 2 heterocycles. The standard InChI is InChI=1S/C32H48N10O8/c1-18(31(49)50)38-27(45)23-11-6-14-41(23)29(47)21(10-5-13-37-32(35)36)39-28(46)24-12-7-15-42(24)30(48)22(17-25(34)43)40-26(44)20(33)16-19-8-3-2-4-9-19/h2-4,8-9,18,20-24H,5-7,10-17,33H2,1H3,(H2,34,43)(H,38,45)(H,39,46)(H,40,44)(H,49,50)(H4,35,36,37)/t18-,20-,21-,22-,23-,24-/m0/s1. The molecule has 3 rings (SSSR count). The van der Waals surface area contributed by atoms with Gasteiger partial charge in [0.15, 0.2) is 5.96 Å². The van der Waals surface area contributed by atoms with Gasteiger partial charge in [0.2, 0.25) is 35.4 Å². The molecule has 0 aliphatic carbocycles. The quantitative estimate of drug-likeness (QED) is 0.0461. The van der Waals surface area contributed by atoms with Crippen LogP contribution in [0.5, 0.6) is 0 Å². The van der Waals surface area contributed by atoms with Crippen molar-refractivity contribution in [2.75, 3.05) is 19.6 Å². The van der Waals surface area contributed by atoms with Gasteiger partial charge in [-0.05, 0) is 57.4 Å². The molecule has 0 saturated carbocycles. The fraction of sp³-hybridized carbons (Fsp3) is 0.562. The number of amides is 6. The first-order valence-corrected chi connectivity index (χ1v) is 16.6. The van der Waals surface area contributed by atoms with Gasteiger partial charge in [0.25, 0.3) is 0 Å². The van der Waals surface area contributed by atoms with Crippen molar-refractivity contribution >= 4 is 47.4 Å². The number of primary amides is 1. The van der Waals surface area contributed by atoms with Gasteiger partial charge in [-0.1, -0.05) is 30.3 Å². The highest BCUT2D eigenvalue weighted by atomic mass is 16.4. The highest BCUT2D eigenvalue weighted by molar-refractivity contribution is 5.98. The Balaban J connectivity index is 1.76. The normalized spacial score (nSPS) is 19.4. The number of carbonyl (C=O) groups excluding carboxylic acids is 6. The number of nitrogens with one attached hydrogen (secondary N) is 3. The molecule has 2 aliphatic heterocycles. The minimum Gasteiger partial charge on any atom is -0.480 e. The lowest BCUT2D eigenvalue weighted by Crippen LogP contribution is -2.59. The molecule has 0 aromatic heterocycles. The summed E-state index contributed by atoms with van der Waals surface area (Å²) >= 11 is 0. The Morgan fingerprint density at radius 2 is 1.42 bits per heavy atom. The van der Waals surface area contributed by atoms with E-state index in [4.69, 9.17) is 22.9 Å². The van der Waals surface area contributed by atoms with E-state index in [-0.39, 0.29) is 51.3 Å². The first kappa shape index (κ1) is 39.2. The number of rotatable bonds is 17. The van der Waals surface area contributed by atoms with E-state index in [9.17, 15) is 38.7 Å². The zero-order chi connectivity index (χ0) is 37.0. The molecular formula is C32H48N10O8. The Labute approximate surface area is 289 Å². The number of aliphatic carboxylic acids is 1. The maximum absolute atomic E-state index is 13.9. The number of carbonyl (C=O) groups is 7. The van der Waals surface area contributed by atoms with E-state index in [1.54, 1.807) is 24.3 Å². The van der Waals surface area contributed by atoms with Crippen LogP contribution in [-0.2, 0) is 40.0 Å². The van der Waals surface area contributed by atoms with Crippen LogP contribution in [-0.4, -0.2) is 118 Å². The van der Waals surface area contributed by atoms with Crippen molar-refractivity contribution in [1.82, 2.24) is 25.8 Å². The Morgan fingerprint density at radius 3 is 1.96 bits per heavy atom. The van der Waals surface area contributed by atoms with Crippen molar-refractivity contribution < 1.29 is 38.7 Å². The molecule has 1 aromatic rings. The average molecular weight is 701 g/mol. The Kier molecular flexibility index (Phi) is 14.5. The summed E-state index contributed by atoms with van der Waals surface area (Å²) in [4.78, 5) is 97.0. The van der Waals surface area contributed by atoms with Gasteiger partial charge in [0, 0.05) is 19.6 Å². The van der Waals surface area contributed by atoms with Gasteiger partial charge in [0.05, 0.1) is 12.5 Å². The summed E-state index contributed by atoms with van der Waals surface area (Å²) in [5.74, 6) is -5.47. The molecule has 6 amide bonds. The minimum absolute atomic E-state index is 0.0814. The largest absolute Gasteiger partial charge is 0.480 e. The van der Waals surface area contributed by atoms with Crippen LogP contribution in [0.25, 0.3) is 0 Å². The number of carboxylic acid groups (broad SMARTS) is 1. The number of nitrogens with two attached hydrogens (primary N) is 4. The van der Waals surface area contributed by atoms with E-state index < -0.39 is 84.1 Å². The fourth-order valence-electron chi connectivity index (χ4n) is 6.05. The third kappa shape index (κ3) is 11.1. The molecule has 18 heteroatoms. The van der Waals surface area contributed by atoms with Gasteiger partial charge < -0.3 is 53.8 Å². The maximum atomic E-state index is 13.9. The van der Waals surface area contributed by atoms with E-state index in [0.717, 1.165) is 5.56 Å². The summed E-state index contributed by atoms with van der Waals surface area (Å²) in [6.07, 6.45) is 1.44. The third-order valence-electron chi connectivity index (χ3n) is 8.62. The number of guanidine groups is 1. The van der Waals surface area contributed by atoms with Gasteiger partial charge in [-0.25, -0.2) is 0 Å². The highest BCUT2D eigenvalue weighted by Crippen LogP contribution is 2.23. The number of aliphatic imine (C=N–C) groups is 1. The first-order chi connectivity index (χ1) is 23.7. The summed E-state index contributed by atoms with van der Waals surface area (Å²) in [6, 6.07) is 2.27. The molecule has 0 bridgehead atoms. The number of carboxylic acids is 1. The second kappa shape index (κ2) is 18.5. The number of hydrogen-bond acceptors (Lipinski definition) is 9. The summed E-state index contributed by atoms with van der Waals surface area (Å²) in [7, 11) is 0. The molecule has 50 heavy (non-hydrogen) atoms. The van der Waals surface area contributed by atoms with Crippen molar-refractivity contribution in [1.29, 1.82) is 0 Å². The van der Waals surface area contributed by atoms with E-state index >= 15 is 0 Å². The van der Waals surface area contributed by atoms with Gasteiger partial charge in [-0.15, -0.1) is 0 Å². The van der Waals surface area contributed by atoms with Crippen LogP contribution in [0.4, 0.5) is 0 Å². The van der Waals surface area contributed by atoms with Crippen molar-refractivity contribution in [3.05, 3.63) is 35.9 Å². The van der Waals surface area contributed by atoms with Gasteiger partial charge >= 0.3 is 5.97 Å². The number of nitrogens with zero attached hydrogens (tertiary/aromatic N) is 3. The molecular weight excluding hydrogens is 652 g/mol. The summed E-state index contributed by atoms with van der Waals surface area (Å²) in [6.45, 7) is 1.79. The maximum Gasteiger partial charge on any atom is 0.325 e. The molecule has 2 aliphatic rings. The molecule has 2 saturated heterocycles. The van der Waals surface area contributed by atoms with Gasteiger partial charge in [0.1, 0.15) is 30.2 Å². The lowest BCUT2D eigenvalue weighted by molar-refractivity contribution is -0.146.